The van der Waals surface area contributed by atoms with Crippen LogP contribution in [-0.2, 0) is 13.0 Å². The molecule has 0 fully saturated rings. The summed E-state index contributed by atoms with van der Waals surface area (Å²) in [6.07, 6.45) is 6.61. The molecule has 4 aromatic carbocycles. The highest BCUT2D eigenvalue weighted by Crippen LogP contribution is 2.38. The summed E-state index contributed by atoms with van der Waals surface area (Å²) in [6.45, 7) is 8.29. The molecule has 0 aliphatic rings. The van der Waals surface area contributed by atoms with Crippen molar-refractivity contribution < 1.29 is 0 Å². The third-order valence-electron chi connectivity index (χ3n) is 7.71. The molecule has 0 radical (unpaired) electrons. The first-order valence-electron chi connectivity index (χ1n) is 14.5. The number of H-pyrrole nitrogens is 3. The number of nitrogens with one attached hydrogen (secondary N) is 4. The molecule has 0 saturated heterocycles. The zero-order valence-corrected chi connectivity index (χ0v) is 24.3. The summed E-state index contributed by atoms with van der Waals surface area (Å²) in [5.74, 6) is 0. The van der Waals surface area contributed by atoms with Crippen molar-refractivity contribution in [3.63, 3.8) is 0 Å². The highest BCUT2D eigenvalue weighted by Gasteiger charge is 2.16. The third-order valence-corrected chi connectivity index (χ3v) is 7.94. The Hall–Kier alpha value is -3.73. The van der Waals surface area contributed by atoms with E-state index in [4.69, 9.17) is 11.6 Å². The average molecular weight is 549 g/mol. The summed E-state index contributed by atoms with van der Waals surface area (Å²) in [7, 11) is 0. The number of fused-ring (bicyclic) bond motifs is 7. The van der Waals surface area contributed by atoms with Crippen molar-refractivity contribution in [3.8, 4) is 0 Å². The van der Waals surface area contributed by atoms with E-state index in [0.29, 0.717) is 0 Å². The first-order chi connectivity index (χ1) is 19.6. The number of aromatic amines is 3. The number of aryl methyl sites for hydroxylation is 2. The van der Waals surface area contributed by atoms with Crippen molar-refractivity contribution in [1.29, 1.82) is 0 Å². The van der Waals surface area contributed by atoms with Gasteiger partial charge in [-0.15, -0.1) is 0 Å². The monoisotopic (exact) mass is 548 g/mol. The van der Waals surface area contributed by atoms with Gasteiger partial charge in [-0.05, 0) is 80.8 Å². The Bertz CT molecular complexity index is 1840. The first-order valence-corrected chi connectivity index (χ1v) is 14.9. The van der Waals surface area contributed by atoms with Crippen molar-refractivity contribution in [3.05, 3.63) is 94.6 Å². The SMILES string of the molecule is CCC.Cc1ccc2[nH]c3c(CCCCNCc4c[nH]c5ccccc45)c4[nH]c5ccc(Cl)cc5c4cc3c2c1. The number of unbranched alkanes of at least 4 members (excludes halogenated alkanes) is 1. The molecular weight excluding hydrogens is 512 g/mol. The van der Waals surface area contributed by atoms with E-state index in [1.54, 1.807) is 0 Å². The molecule has 0 bridgehead atoms. The van der Waals surface area contributed by atoms with Crippen LogP contribution in [0.25, 0.3) is 54.5 Å². The Morgan fingerprint density at radius 3 is 2.20 bits per heavy atom. The zero-order chi connectivity index (χ0) is 27.6. The van der Waals surface area contributed by atoms with Gasteiger partial charge in [0.05, 0.1) is 11.0 Å². The van der Waals surface area contributed by atoms with Crippen molar-refractivity contribution >= 4 is 66.1 Å². The number of hydrogen-bond acceptors (Lipinski definition) is 1. The molecule has 3 heterocycles. The molecule has 0 aliphatic heterocycles. The molecule has 204 valence electrons. The van der Waals surface area contributed by atoms with Crippen LogP contribution in [0.5, 0.6) is 0 Å². The Kier molecular flexibility index (Phi) is 7.55. The van der Waals surface area contributed by atoms with Crippen LogP contribution < -0.4 is 5.32 Å². The maximum Gasteiger partial charge on any atom is 0.0518 e. The van der Waals surface area contributed by atoms with E-state index in [0.717, 1.165) is 42.9 Å². The van der Waals surface area contributed by atoms with E-state index in [9.17, 15) is 0 Å². The van der Waals surface area contributed by atoms with E-state index in [1.165, 1.54) is 72.1 Å². The van der Waals surface area contributed by atoms with Crippen LogP contribution in [0, 0.1) is 6.92 Å². The predicted octanol–water partition coefficient (Wildman–Crippen LogP) is 9.93. The summed E-state index contributed by atoms with van der Waals surface area (Å²) in [5, 5.41) is 10.7. The standard InChI is InChI=1S/C32H29ClN4.C3H8/c1-19-9-11-29-24(14-19)26-16-27-25-15-21(33)10-12-30(25)37-32(27)23(31(26)36-29)7-4-5-13-34-17-20-18-35-28-8-3-2-6-22(20)28;1-3-2/h2-3,6,8-12,14-16,18,34-37H,4-5,7,13,17H2,1H3;3H2,1-2H3. The fraction of sp³-hybridized carbons (Fsp3) is 0.257. The van der Waals surface area contributed by atoms with Gasteiger partial charge in [-0.2, -0.15) is 0 Å². The largest absolute Gasteiger partial charge is 0.361 e. The Labute approximate surface area is 240 Å². The van der Waals surface area contributed by atoms with Crippen LogP contribution >= 0.6 is 11.6 Å². The maximum atomic E-state index is 6.40. The number of halogens is 1. The van der Waals surface area contributed by atoms with Crippen LogP contribution in [0.15, 0.2) is 72.9 Å². The molecule has 7 rings (SSSR count). The molecule has 0 unspecified atom stereocenters. The summed E-state index contributed by atoms with van der Waals surface area (Å²) < 4.78 is 0. The van der Waals surface area contributed by atoms with Gasteiger partial charge in [-0.25, -0.2) is 0 Å². The minimum Gasteiger partial charge on any atom is -0.361 e. The molecule has 0 saturated carbocycles. The number of rotatable bonds is 7. The van der Waals surface area contributed by atoms with Crippen LogP contribution in [0.1, 0.15) is 49.8 Å². The third kappa shape index (κ3) is 4.98. The van der Waals surface area contributed by atoms with Crippen LogP contribution in [0.4, 0.5) is 0 Å². The average Bonchev–Trinajstić information content (AvgIpc) is 3.64. The van der Waals surface area contributed by atoms with Gasteiger partial charge in [0.15, 0.2) is 0 Å². The molecule has 0 amide bonds. The van der Waals surface area contributed by atoms with Crippen molar-refractivity contribution in [2.24, 2.45) is 0 Å². The Balaban J connectivity index is 0.000000925. The lowest BCUT2D eigenvalue weighted by Gasteiger charge is -2.08. The fourth-order valence-corrected chi connectivity index (χ4v) is 6.03. The summed E-state index contributed by atoms with van der Waals surface area (Å²) in [5.41, 5.74) is 9.96. The smallest absolute Gasteiger partial charge is 0.0518 e. The van der Waals surface area contributed by atoms with E-state index in [2.05, 4.69) is 108 Å². The van der Waals surface area contributed by atoms with E-state index < -0.39 is 0 Å². The van der Waals surface area contributed by atoms with Gasteiger partial charge in [0.25, 0.3) is 0 Å². The second kappa shape index (κ2) is 11.4. The Morgan fingerprint density at radius 2 is 1.43 bits per heavy atom. The van der Waals surface area contributed by atoms with Crippen LogP contribution in [-0.4, -0.2) is 21.5 Å². The molecule has 7 aromatic rings. The van der Waals surface area contributed by atoms with E-state index in [-0.39, 0.29) is 0 Å². The van der Waals surface area contributed by atoms with Gasteiger partial charge in [-0.1, -0.05) is 61.7 Å². The highest BCUT2D eigenvalue weighted by molar-refractivity contribution is 6.32. The maximum absolute atomic E-state index is 6.40. The molecule has 40 heavy (non-hydrogen) atoms. The van der Waals surface area contributed by atoms with Gasteiger partial charge >= 0.3 is 0 Å². The normalized spacial score (nSPS) is 11.7. The van der Waals surface area contributed by atoms with E-state index >= 15 is 0 Å². The van der Waals surface area contributed by atoms with Crippen LogP contribution in [0.2, 0.25) is 5.02 Å². The number of hydrogen-bond donors (Lipinski definition) is 4. The van der Waals surface area contributed by atoms with Crippen molar-refractivity contribution in [2.75, 3.05) is 6.54 Å². The highest BCUT2D eigenvalue weighted by atomic mass is 35.5. The topological polar surface area (TPSA) is 59.4 Å². The molecule has 3 aromatic heterocycles. The lowest BCUT2D eigenvalue weighted by molar-refractivity contribution is 0.625. The van der Waals surface area contributed by atoms with Gasteiger partial charge in [0.2, 0.25) is 0 Å². The number of para-hydroxylation sites is 1. The molecular formula is C35H37ClN4. The molecule has 4 nitrogen and oxygen atoms in total. The van der Waals surface area contributed by atoms with E-state index in [1.807, 2.05) is 6.07 Å². The second-order valence-corrected chi connectivity index (χ2v) is 11.3. The molecule has 0 atom stereocenters. The summed E-state index contributed by atoms with van der Waals surface area (Å²) in [4.78, 5) is 10.8. The molecule has 4 N–H and O–H groups in total. The minimum atomic E-state index is 0.770. The Morgan fingerprint density at radius 1 is 0.725 bits per heavy atom. The van der Waals surface area contributed by atoms with Gasteiger partial charge in [-0.3, -0.25) is 0 Å². The quantitative estimate of drug-likeness (QED) is 0.147. The summed E-state index contributed by atoms with van der Waals surface area (Å²) in [6, 6.07) is 23.6. The summed E-state index contributed by atoms with van der Waals surface area (Å²) >= 11 is 6.40. The number of aromatic nitrogens is 3. The first kappa shape index (κ1) is 26.5. The van der Waals surface area contributed by atoms with Crippen molar-refractivity contribution in [2.45, 2.75) is 53.0 Å². The van der Waals surface area contributed by atoms with Crippen molar-refractivity contribution in [1.82, 2.24) is 20.3 Å². The molecule has 5 heteroatoms. The number of benzene rings is 4. The van der Waals surface area contributed by atoms with Gasteiger partial charge in [0.1, 0.15) is 0 Å². The molecule has 0 aliphatic carbocycles. The molecule has 0 spiro atoms. The van der Waals surface area contributed by atoms with Gasteiger partial charge in [0, 0.05) is 66.8 Å². The lowest BCUT2D eigenvalue weighted by atomic mass is 9.99. The predicted molar refractivity (Wildman–Crippen MR) is 174 cm³/mol. The van der Waals surface area contributed by atoms with Crippen LogP contribution in [0.3, 0.4) is 0 Å². The second-order valence-electron chi connectivity index (χ2n) is 10.9. The fourth-order valence-electron chi connectivity index (χ4n) is 5.86. The van der Waals surface area contributed by atoms with Gasteiger partial charge < -0.3 is 20.3 Å². The zero-order valence-electron chi connectivity index (χ0n) is 23.5. The minimum absolute atomic E-state index is 0.770. The lowest BCUT2D eigenvalue weighted by Crippen LogP contribution is -2.14.